The van der Waals surface area contributed by atoms with E-state index >= 15 is 0 Å². The van der Waals surface area contributed by atoms with Gasteiger partial charge in [0.15, 0.2) is 0 Å². The average molecular weight is 225 g/mol. The molecule has 6 heteroatoms. The van der Waals surface area contributed by atoms with Gasteiger partial charge in [-0.1, -0.05) is 6.92 Å². The fourth-order valence-electron chi connectivity index (χ4n) is 1.02. The van der Waals surface area contributed by atoms with E-state index in [1.165, 1.54) is 6.33 Å². The van der Waals surface area contributed by atoms with E-state index in [0.29, 0.717) is 24.8 Å². The molecule has 0 unspecified atom stereocenters. The van der Waals surface area contributed by atoms with Crippen molar-refractivity contribution in [2.75, 3.05) is 18.5 Å². The maximum atomic E-state index is 10.3. The predicted molar refractivity (Wildman–Crippen MR) is 58.6 cm³/mol. The molecule has 6 nitrogen and oxygen atoms in total. The molecule has 16 heavy (non-hydrogen) atoms. The van der Waals surface area contributed by atoms with Crippen molar-refractivity contribution in [3.05, 3.63) is 12.4 Å². The maximum absolute atomic E-state index is 10.3. The molecule has 0 saturated carbocycles. The van der Waals surface area contributed by atoms with Gasteiger partial charge in [0.25, 0.3) is 0 Å². The Morgan fingerprint density at radius 2 is 2.38 bits per heavy atom. The Kier molecular flexibility index (Phi) is 5.04. The molecule has 0 bridgehead atoms. The summed E-state index contributed by atoms with van der Waals surface area (Å²) < 4.78 is 5.32. The van der Waals surface area contributed by atoms with Crippen molar-refractivity contribution in [3.63, 3.8) is 0 Å². The third-order valence-electron chi connectivity index (χ3n) is 1.74. The number of aliphatic carboxylic acids is 1. The van der Waals surface area contributed by atoms with Crippen LogP contribution in [0, 0.1) is 0 Å². The Balaban J connectivity index is 2.43. The number of hydrogen-bond donors (Lipinski definition) is 2. The van der Waals surface area contributed by atoms with E-state index in [-0.39, 0.29) is 6.42 Å². The van der Waals surface area contributed by atoms with Crippen LogP contribution in [0.15, 0.2) is 12.4 Å². The molecule has 0 atom stereocenters. The fourth-order valence-corrected chi connectivity index (χ4v) is 1.02. The first-order valence-corrected chi connectivity index (χ1v) is 5.13. The van der Waals surface area contributed by atoms with E-state index in [1.807, 2.05) is 6.92 Å². The lowest BCUT2D eigenvalue weighted by atomic mass is 10.4. The maximum Gasteiger partial charge on any atom is 0.305 e. The second kappa shape index (κ2) is 6.60. The van der Waals surface area contributed by atoms with E-state index in [0.717, 1.165) is 6.42 Å². The number of nitrogens with zero attached hydrogens (tertiary/aromatic N) is 2. The average Bonchev–Trinajstić information content (AvgIpc) is 2.26. The molecule has 0 aliphatic heterocycles. The zero-order chi connectivity index (χ0) is 11.8. The number of carboxylic acid groups (broad SMARTS) is 1. The van der Waals surface area contributed by atoms with Gasteiger partial charge >= 0.3 is 5.97 Å². The van der Waals surface area contributed by atoms with Crippen LogP contribution in [0.25, 0.3) is 0 Å². The van der Waals surface area contributed by atoms with Gasteiger partial charge in [0.1, 0.15) is 12.1 Å². The van der Waals surface area contributed by atoms with Crippen molar-refractivity contribution in [3.8, 4) is 5.88 Å². The third-order valence-corrected chi connectivity index (χ3v) is 1.74. The van der Waals surface area contributed by atoms with Crippen molar-refractivity contribution < 1.29 is 14.6 Å². The first kappa shape index (κ1) is 12.2. The minimum Gasteiger partial charge on any atom is -0.481 e. The van der Waals surface area contributed by atoms with Crippen LogP contribution in [0.5, 0.6) is 5.88 Å². The van der Waals surface area contributed by atoms with Crippen LogP contribution in [0.4, 0.5) is 5.82 Å². The molecule has 1 rings (SSSR count). The molecular formula is C10H15N3O3. The second-order valence-electron chi connectivity index (χ2n) is 3.16. The molecule has 0 amide bonds. The molecule has 1 aromatic heterocycles. The van der Waals surface area contributed by atoms with Gasteiger partial charge in [-0.2, -0.15) is 0 Å². The second-order valence-corrected chi connectivity index (χ2v) is 3.16. The van der Waals surface area contributed by atoms with Gasteiger partial charge in [-0.05, 0) is 6.42 Å². The van der Waals surface area contributed by atoms with Crippen molar-refractivity contribution >= 4 is 11.8 Å². The summed E-state index contributed by atoms with van der Waals surface area (Å²) in [6.07, 6.45) is 2.34. The van der Waals surface area contributed by atoms with Gasteiger partial charge in [0.05, 0.1) is 13.0 Å². The standard InChI is InChI=1S/C10H15N3O3/c1-2-5-16-9-6-8(12-7-13-9)11-4-3-10(14)15/h6-7H,2-5H2,1H3,(H,14,15)(H,11,12,13). The quantitative estimate of drug-likeness (QED) is 0.724. The summed E-state index contributed by atoms with van der Waals surface area (Å²) in [6, 6.07) is 1.65. The Morgan fingerprint density at radius 3 is 3.06 bits per heavy atom. The largest absolute Gasteiger partial charge is 0.481 e. The first-order valence-electron chi connectivity index (χ1n) is 5.13. The minimum atomic E-state index is -0.844. The van der Waals surface area contributed by atoms with E-state index in [9.17, 15) is 4.79 Å². The smallest absolute Gasteiger partial charge is 0.305 e. The molecule has 0 spiro atoms. The molecule has 0 aromatic carbocycles. The van der Waals surface area contributed by atoms with Crippen LogP contribution < -0.4 is 10.1 Å². The molecule has 0 aliphatic rings. The molecule has 1 aromatic rings. The monoisotopic (exact) mass is 225 g/mol. The molecule has 88 valence electrons. The topological polar surface area (TPSA) is 84.3 Å². The van der Waals surface area contributed by atoms with Gasteiger partial charge in [0.2, 0.25) is 5.88 Å². The summed E-state index contributed by atoms with van der Waals surface area (Å²) in [5.41, 5.74) is 0. The predicted octanol–water partition coefficient (Wildman–Crippen LogP) is 1.15. The lowest BCUT2D eigenvalue weighted by Gasteiger charge is -2.06. The summed E-state index contributed by atoms with van der Waals surface area (Å²) in [5.74, 6) is 0.223. The van der Waals surface area contributed by atoms with Crippen LogP contribution in [0.2, 0.25) is 0 Å². The first-order chi connectivity index (χ1) is 7.72. The molecule has 0 saturated heterocycles. The number of ether oxygens (including phenoxy) is 1. The van der Waals surface area contributed by atoms with Gasteiger partial charge < -0.3 is 15.2 Å². The highest BCUT2D eigenvalue weighted by molar-refractivity contribution is 5.67. The van der Waals surface area contributed by atoms with Crippen LogP contribution in [-0.2, 0) is 4.79 Å². The normalized spacial score (nSPS) is 9.81. The number of nitrogens with one attached hydrogen (secondary N) is 1. The van der Waals surface area contributed by atoms with Gasteiger partial charge in [-0.15, -0.1) is 0 Å². The van der Waals surface area contributed by atoms with E-state index in [1.54, 1.807) is 6.07 Å². The van der Waals surface area contributed by atoms with Gasteiger partial charge in [-0.25, -0.2) is 9.97 Å². The zero-order valence-electron chi connectivity index (χ0n) is 9.14. The number of anilines is 1. The molecule has 0 fully saturated rings. The Bertz CT molecular complexity index is 344. The summed E-state index contributed by atoms with van der Waals surface area (Å²) in [6.45, 7) is 2.94. The van der Waals surface area contributed by atoms with Gasteiger partial charge in [0, 0.05) is 12.6 Å². The molecule has 0 radical (unpaired) electrons. The molecule has 2 N–H and O–H groups in total. The molecule has 1 heterocycles. The van der Waals surface area contributed by atoms with E-state index in [4.69, 9.17) is 9.84 Å². The highest BCUT2D eigenvalue weighted by Crippen LogP contribution is 2.10. The number of aromatic nitrogens is 2. The third kappa shape index (κ3) is 4.59. The lowest BCUT2D eigenvalue weighted by molar-refractivity contribution is -0.136. The number of carboxylic acids is 1. The van der Waals surface area contributed by atoms with Crippen LogP contribution in [0.3, 0.4) is 0 Å². The number of carbonyl (C=O) groups is 1. The Labute approximate surface area is 93.7 Å². The van der Waals surface area contributed by atoms with E-state index < -0.39 is 5.97 Å². The number of rotatable bonds is 7. The molecular weight excluding hydrogens is 210 g/mol. The Hall–Kier alpha value is -1.85. The fraction of sp³-hybridized carbons (Fsp3) is 0.500. The summed E-state index contributed by atoms with van der Waals surface area (Å²) in [7, 11) is 0. The zero-order valence-corrected chi connectivity index (χ0v) is 9.14. The van der Waals surface area contributed by atoms with Crippen LogP contribution >= 0.6 is 0 Å². The summed E-state index contributed by atoms with van der Waals surface area (Å²) in [4.78, 5) is 18.2. The summed E-state index contributed by atoms with van der Waals surface area (Å²) in [5, 5.41) is 11.3. The highest BCUT2D eigenvalue weighted by Gasteiger charge is 2.00. The van der Waals surface area contributed by atoms with E-state index in [2.05, 4.69) is 15.3 Å². The molecule has 0 aliphatic carbocycles. The van der Waals surface area contributed by atoms with Crippen molar-refractivity contribution in [2.45, 2.75) is 19.8 Å². The number of hydrogen-bond acceptors (Lipinski definition) is 5. The van der Waals surface area contributed by atoms with Gasteiger partial charge in [-0.3, -0.25) is 4.79 Å². The lowest BCUT2D eigenvalue weighted by Crippen LogP contribution is -2.09. The van der Waals surface area contributed by atoms with Crippen molar-refractivity contribution in [2.24, 2.45) is 0 Å². The van der Waals surface area contributed by atoms with Crippen molar-refractivity contribution in [1.29, 1.82) is 0 Å². The van der Waals surface area contributed by atoms with Crippen LogP contribution in [0.1, 0.15) is 19.8 Å². The van der Waals surface area contributed by atoms with Crippen molar-refractivity contribution in [1.82, 2.24) is 9.97 Å². The Morgan fingerprint density at radius 1 is 1.56 bits per heavy atom. The highest BCUT2D eigenvalue weighted by atomic mass is 16.5. The van der Waals surface area contributed by atoms with Crippen LogP contribution in [-0.4, -0.2) is 34.2 Å². The minimum absolute atomic E-state index is 0.0507. The summed E-state index contributed by atoms with van der Waals surface area (Å²) >= 11 is 0. The SMILES string of the molecule is CCCOc1cc(NCCC(=O)O)ncn1.